The smallest absolute Gasteiger partial charge is 0.345 e. The van der Waals surface area contributed by atoms with E-state index in [-0.39, 0.29) is 13.2 Å². The zero-order valence-electron chi connectivity index (χ0n) is 15.6. The Hall–Kier alpha value is -1.90. The Labute approximate surface area is 164 Å². The molecule has 1 aromatic heterocycles. The minimum Gasteiger partial charge on any atom is -0.492 e. The van der Waals surface area contributed by atoms with Crippen LogP contribution in [0.15, 0.2) is 36.4 Å². The van der Waals surface area contributed by atoms with Crippen LogP contribution in [0.4, 0.5) is 0 Å². The molecule has 1 aromatic carbocycles. The number of hydrogen-bond acceptors (Lipinski definition) is 5. The van der Waals surface area contributed by atoms with Crippen LogP contribution in [0.5, 0.6) is 5.75 Å². The minimum absolute atomic E-state index is 0.278. The van der Waals surface area contributed by atoms with Gasteiger partial charge in [-0.3, -0.25) is 0 Å². The van der Waals surface area contributed by atoms with Gasteiger partial charge < -0.3 is 9.84 Å². The Morgan fingerprint density at radius 3 is 2.63 bits per heavy atom. The molecule has 0 aliphatic rings. The number of aryl methyl sites for hydroxylation is 2. The lowest BCUT2D eigenvalue weighted by atomic mass is 10.2. The molecular weight excluding hydrogens is 386 g/mol. The van der Waals surface area contributed by atoms with Gasteiger partial charge in [0.1, 0.15) is 17.2 Å². The zero-order valence-corrected chi connectivity index (χ0v) is 17.2. The maximum absolute atomic E-state index is 12.0. The average molecular weight is 412 g/mol. The molecule has 148 valence electrons. The molecule has 0 spiro atoms. The molecule has 0 bridgehead atoms. The van der Waals surface area contributed by atoms with Crippen molar-refractivity contribution in [1.29, 1.82) is 0 Å². The van der Waals surface area contributed by atoms with Crippen molar-refractivity contribution in [3.63, 3.8) is 0 Å². The highest BCUT2D eigenvalue weighted by atomic mass is 32.2. The van der Waals surface area contributed by atoms with E-state index in [9.17, 15) is 13.2 Å². The van der Waals surface area contributed by atoms with E-state index < -0.39 is 16.0 Å². The van der Waals surface area contributed by atoms with Gasteiger partial charge in [-0.25, -0.2) is 13.2 Å². The van der Waals surface area contributed by atoms with Gasteiger partial charge in [0.25, 0.3) is 0 Å². The third kappa shape index (κ3) is 6.97. The number of carboxylic acids is 1. The molecule has 0 radical (unpaired) electrons. The summed E-state index contributed by atoms with van der Waals surface area (Å²) in [6.45, 7) is 3.00. The maximum atomic E-state index is 12.0. The number of benzene rings is 1. The number of rotatable bonds is 11. The van der Waals surface area contributed by atoms with Crippen molar-refractivity contribution in [2.75, 3.05) is 26.0 Å². The van der Waals surface area contributed by atoms with Gasteiger partial charge in [-0.1, -0.05) is 19.1 Å². The predicted molar refractivity (Wildman–Crippen MR) is 107 cm³/mol. The summed E-state index contributed by atoms with van der Waals surface area (Å²) in [5.74, 6) is -0.198. The lowest BCUT2D eigenvalue weighted by Crippen LogP contribution is -2.34. The van der Waals surface area contributed by atoms with Crippen LogP contribution in [-0.2, 0) is 22.9 Å². The van der Waals surface area contributed by atoms with Gasteiger partial charge in [-0.15, -0.1) is 11.3 Å². The molecule has 0 fully saturated rings. The van der Waals surface area contributed by atoms with Crippen molar-refractivity contribution in [3.05, 3.63) is 51.7 Å². The van der Waals surface area contributed by atoms with E-state index >= 15 is 0 Å². The largest absolute Gasteiger partial charge is 0.492 e. The Morgan fingerprint density at radius 2 is 2.00 bits per heavy atom. The van der Waals surface area contributed by atoms with Crippen LogP contribution in [0.3, 0.4) is 0 Å². The van der Waals surface area contributed by atoms with Gasteiger partial charge in [0.05, 0.1) is 6.26 Å². The first kappa shape index (κ1) is 21.4. The molecule has 0 saturated carbocycles. The van der Waals surface area contributed by atoms with E-state index in [2.05, 4.69) is 6.92 Å². The second kappa shape index (κ2) is 9.87. The van der Waals surface area contributed by atoms with Crippen LogP contribution < -0.4 is 4.74 Å². The Bertz CT molecular complexity index is 860. The average Bonchev–Trinajstić information content (AvgIpc) is 3.09. The van der Waals surface area contributed by atoms with Gasteiger partial charge in [0, 0.05) is 18.0 Å². The fraction of sp³-hybridized carbons (Fsp3) is 0.421. The molecule has 1 N–H and O–H groups in total. The van der Waals surface area contributed by atoms with Gasteiger partial charge in [0.2, 0.25) is 10.0 Å². The summed E-state index contributed by atoms with van der Waals surface area (Å²) in [6, 6.07) is 11.1. The lowest BCUT2D eigenvalue weighted by molar-refractivity contribution is 0.0702. The third-order valence-corrected chi connectivity index (χ3v) is 6.52. The molecule has 0 aliphatic carbocycles. The molecule has 2 rings (SSSR count). The normalized spacial score (nSPS) is 11.7. The third-order valence-electron chi connectivity index (χ3n) is 4.09. The number of ether oxygens (including phenoxy) is 1. The van der Waals surface area contributed by atoms with Crippen LogP contribution in [0, 0.1) is 0 Å². The first-order valence-corrected chi connectivity index (χ1v) is 11.4. The van der Waals surface area contributed by atoms with Crippen LogP contribution in [0.25, 0.3) is 0 Å². The van der Waals surface area contributed by atoms with Crippen molar-refractivity contribution in [3.8, 4) is 5.75 Å². The molecule has 27 heavy (non-hydrogen) atoms. The van der Waals surface area contributed by atoms with Crippen molar-refractivity contribution < 1.29 is 23.1 Å². The standard InChI is InChI=1S/C19H25NO5S2/c1-3-15-6-4-7-16(14-15)25-13-12-20(27(2,23)24)11-5-8-17-9-10-18(26-17)19(21)22/h4,6-7,9-10,14H,3,5,8,11-13H2,1-2H3,(H,21,22). The Morgan fingerprint density at radius 1 is 1.22 bits per heavy atom. The fourth-order valence-corrected chi connectivity index (χ4v) is 4.38. The molecule has 0 atom stereocenters. The minimum atomic E-state index is -3.33. The highest BCUT2D eigenvalue weighted by Crippen LogP contribution is 2.18. The van der Waals surface area contributed by atoms with Crippen LogP contribution >= 0.6 is 11.3 Å². The summed E-state index contributed by atoms with van der Waals surface area (Å²) < 4.78 is 31.1. The number of aromatic carboxylic acids is 1. The molecule has 0 saturated heterocycles. The first-order chi connectivity index (χ1) is 12.8. The molecular formula is C19H25NO5S2. The summed E-state index contributed by atoms with van der Waals surface area (Å²) in [7, 11) is -3.33. The first-order valence-electron chi connectivity index (χ1n) is 8.78. The molecule has 2 aromatic rings. The number of thiophene rings is 1. The zero-order chi connectivity index (χ0) is 19.9. The molecule has 0 aliphatic heterocycles. The van der Waals surface area contributed by atoms with Gasteiger partial charge in [0.15, 0.2) is 0 Å². The summed E-state index contributed by atoms with van der Waals surface area (Å²) >= 11 is 1.23. The summed E-state index contributed by atoms with van der Waals surface area (Å²) in [4.78, 5) is 12.1. The number of carbonyl (C=O) groups is 1. The molecule has 6 nitrogen and oxygen atoms in total. The Kier molecular flexibility index (Phi) is 7.82. The molecule has 0 amide bonds. The molecule has 0 unspecified atom stereocenters. The van der Waals surface area contributed by atoms with Crippen molar-refractivity contribution in [2.45, 2.75) is 26.2 Å². The highest BCUT2D eigenvalue weighted by molar-refractivity contribution is 7.88. The van der Waals surface area contributed by atoms with Crippen LogP contribution in [0.1, 0.15) is 33.5 Å². The summed E-state index contributed by atoms with van der Waals surface area (Å²) in [5.41, 5.74) is 1.17. The monoisotopic (exact) mass is 411 g/mol. The topological polar surface area (TPSA) is 83.9 Å². The van der Waals surface area contributed by atoms with E-state index in [0.29, 0.717) is 24.3 Å². The number of sulfonamides is 1. The van der Waals surface area contributed by atoms with E-state index in [1.54, 1.807) is 12.1 Å². The van der Waals surface area contributed by atoms with E-state index in [0.717, 1.165) is 17.0 Å². The van der Waals surface area contributed by atoms with Crippen LogP contribution in [0.2, 0.25) is 0 Å². The van der Waals surface area contributed by atoms with E-state index in [1.165, 1.54) is 27.5 Å². The predicted octanol–water partition coefficient (Wildman–Crippen LogP) is 3.28. The highest BCUT2D eigenvalue weighted by Gasteiger charge is 2.16. The second-order valence-corrected chi connectivity index (χ2v) is 9.34. The van der Waals surface area contributed by atoms with Crippen LogP contribution in [-0.4, -0.2) is 49.8 Å². The second-order valence-electron chi connectivity index (χ2n) is 6.19. The fourth-order valence-electron chi connectivity index (χ4n) is 2.62. The summed E-state index contributed by atoms with van der Waals surface area (Å²) in [6.07, 6.45) is 3.37. The maximum Gasteiger partial charge on any atom is 0.345 e. The van der Waals surface area contributed by atoms with Gasteiger partial charge in [-0.05, 0) is 49.1 Å². The van der Waals surface area contributed by atoms with Gasteiger partial charge >= 0.3 is 5.97 Å². The van der Waals surface area contributed by atoms with E-state index in [4.69, 9.17) is 9.84 Å². The van der Waals surface area contributed by atoms with Crippen molar-refractivity contribution in [2.24, 2.45) is 0 Å². The molecule has 1 heterocycles. The van der Waals surface area contributed by atoms with Crippen molar-refractivity contribution >= 4 is 27.3 Å². The van der Waals surface area contributed by atoms with Gasteiger partial charge in [-0.2, -0.15) is 4.31 Å². The molecule has 8 heteroatoms. The van der Waals surface area contributed by atoms with Crippen molar-refractivity contribution in [1.82, 2.24) is 4.31 Å². The quantitative estimate of drug-likeness (QED) is 0.613. The SMILES string of the molecule is CCc1cccc(OCCN(CCCc2ccc(C(=O)O)s2)S(C)(=O)=O)c1. The summed E-state index contributed by atoms with van der Waals surface area (Å²) in [5, 5.41) is 8.95. The number of hydrogen-bond donors (Lipinski definition) is 1. The van der Waals surface area contributed by atoms with E-state index in [1.807, 2.05) is 24.3 Å². The number of carboxylic acid groups (broad SMARTS) is 1. The lowest BCUT2D eigenvalue weighted by Gasteiger charge is -2.20. The Balaban J connectivity index is 1.84. The number of nitrogens with zero attached hydrogens (tertiary/aromatic N) is 1.